The molecule has 8 heteroatoms. The van der Waals surface area contributed by atoms with Crippen molar-refractivity contribution >= 4 is 28.6 Å². The number of aromatic hydroxyl groups is 1. The van der Waals surface area contributed by atoms with Crippen molar-refractivity contribution in [2.75, 3.05) is 5.75 Å². The largest absolute Gasteiger partial charge is 0.507 e. The van der Waals surface area contributed by atoms with Crippen molar-refractivity contribution in [3.05, 3.63) is 71.1 Å². The summed E-state index contributed by atoms with van der Waals surface area (Å²) < 4.78 is 31.4. The average Bonchev–Trinajstić information content (AvgIpc) is 3.04. The lowest BCUT2D eigenvalue weighted by Gasteiger charge is -2.32. The van der Waals surface area contributed by atoms with Gasteiger partial charge in [-0.2, -0.15) is 0 Å². The monoisotopic (exact) mass is 453 g/mol. The fourth-order valence-electron chi connectivity index (χ4n) is 4.62. The van der Waals surface area contributed by atoms with Crippen LogP contribution in [0, 0.1) is 5.92 Å². The first kappa shape index (κ1) is 22.8. The fraction of sp³-hybridized carbons (Fsp3) is 0.375. The molecule has 4 rings (SSSR count). The number of rotatable bonds is 6. The first-order valence-electron chi connectivity index (χ1n) is 10.9. The molecular formula is C24H28BNO5S. The standard InChI is InChI=1S/C24H28BNO5S/c1-16(2)19-15-32(29,30)23-14-25(28)31-22(24(19)23)11-10-17(20-8-5-6-12-26-20)13-18-7-3-4-9-21(18)27/h3-9,12-13,16,22-23,27-28H,10-11,14-15H2,1-2H3/b17-13-/t22-,23+/m1/s1. The van der Waals surface area contributed by atoms with Gasteiger partial charge in [-0.25, -0.2) is 8.42 Å². The Kier molecular flexibility index (Phi) is 6.56. The van der Waals surface area contributed by atoms with E-state index in [0.717, 1.165) is 22.4 Å². The highest BCUT2D eigenvalue weighted by Gasteiger charge is 2.48. The first-order chi connectivity index (χ1) is 15.3. The van der Waals surface area contributed by atoms with E-state index >= 15 is 0 Å². The third kappa shape index (κ3) is 4.67. The van der Waals surface area contributed by atoms with Gasteiger partial charge < -0.3 is 14.8 Å². The van der Waals surface area contributed by atoms with Crippen molar-refractivity contribution in [2.24, 2.45) is 5.92 Å². The number of fused-ring (bicyclic) bond motifs is 1. The minimum Gasteiger partial charge on any atom is -0.507 e. The van der Waals surface area contributed by atoms with Gasteiger partial charge in [-0.15, -0.1) is 0 Å². The lowest BCUT2D eigenvalue weighted by molar-refractivity contribution is 0.170. The second-order valence-corrected chi connectivity index (χ2v) is 10.9. The van der Waals surface area contributed by atoms with Crippen molar-refractivity contribution in [1.82, 2.24) is 4.98 Å². The van der Waals surface area contributed by atoms with E-state index in [-0.39, 0.29) is 23.7 Å². The molecule has 2 aromatic rings. The van der Waals surface area contributed by atoms with Crippen molar-refractivity contribution < 1.29 is 23.2 Å². The zero-order chi connectivity index (χ0) is 22.9. The third-order valence-corrected chi connectivity index (χ3v) is 8.25. The van der Waals surface area contributed by atoms with E-state index in [0.29, 0.717) is 18.4 Å². The Morgan fingerprint density at radius 2 is 2.00 bits per heavy atom. The normalized spacial score (nSPS) is 23.0. The summed E-state index contributed by atoms with van der Waals surface area (Å²) in [5.41, 5.74) is 4.10. The molecule has 1 saturated heterocycles. The number of nitrogens with zero attached hydrogens (tertiary/aromatic N) is 1. The molecule has 168 valence electrons. The summed E-state index contributed by atoms with van der Waals surface area (Å²) in [5, 5.41) is 19.8. The highest BCUT2D eigenvalue weighted by molar-refractivity contribution is 7.92. The summed E-state index contributed by atoms with van der Waals surface area (Å²) in [7, 11) is -4.43. The van der Waals surface area contributed by atoms with Crippen molar-refractivity contribution in [2.45, 2.75) is 44.4 Å². The fourth-order valence-corrected chi connectivity index (χ4v) is 6.91. The van der Waals surface area contributed by atoms with E-state index in [1.165, 1.54) is 0 Å². The van der Waals surface area contributed by atoms with Gasteiger partial charge in [0.05, 0.1) is 22.8 Å². The number of hydrogen-bond acceptors (Lipinski definition) is 6. The quantitative estimate of drug-likeness (QED) is 0.511. The van der Waals surface area contributed by atoms with Crippen molar-refractivity contribution in [3.63, 3.8) is 0 Å². The number of phenols is 1. The summed E-state index contributed by atoms with van der Waals surface area (Å²) in [4.78, 5) is 4.47. The van der Waals surface area contributed by atoms with Crippen LogP contribution in [0.3, 0.4) is 0 Å². The van der Waals surface area contributed by atoms with E-state index in [2.05, 4.69) is 4.98 Å². The molecule has 0 aliphatic carbocycles. The molecule has 1 fully saturated rings. The first-order valence-corrected chi connectivity index (χ1v) is 12.7. The molecule has 0 amide bonds. The van der Waals surface area contributed by atoms with Crippen LogP contribution in [0.5, 0.6) is 5.75 Å². The van der Waals surface area contributed by atoms with Crippen LogP contribution in [0.2, 0.25) is 6.32 Å². The molecule has 0 spiro atoms. The van der Waals surface area contributed by atoms with Gasteiger partial charge in [-0.05, 0) is 59.8 Å². The maximum Gasteiger partial charge on any atom is 0.456 e. The Labute approximate surface area is 189 Å². The summed E-state index contributed by atoms with van der Waals surface area (Å²) in [6, 6.07) is 12.7. The number of phenolic OH excluding ortho intramolecular Hbond substituents is 1. The van der Waals surface area contributed by atoms with E-state index in [1.54, 1.807) is 18.3 Å². The minimum absolute atomic E-state index is 0.0398. The molecule has 0 radical (unpaired) electrons. The maximum atomic E-state index is 12.8. The minimum atomic E-state index is -3.33. The van der Waals surface area contributed by atoms with Crippen molar-refractivity contribution in [3.8, 4) is 5.75 Å². The van der Waals surface area contributed by atoms with Crippen LogP contribution >= 0.6 is 0 Å². The highest BCUT2D eigenvalue weighted by Crippen LogP contribution is 2.42. The van der Waals surface area contributed by atoms with Gasteiger partial charge in [0.15, 0.2) is 9.84 Å². The maximum absolute atomic E-state index is 12.8. The molecule has 2 aliphatic heterocycles. The number of aromatic nitrogens is 1. The Morgan fingerprint density at radius 3 is 2.69 bits per heavy atom. The third-order valence-electron chi connectivity index (χ3n) is 6.22. The Bertz CT molecular complexity index is 1140. The number of benzene rings is 1. The molecule has 6 nitrogen and oxygen atoms in total. The molecular weight excluding hydrogens is 425 g/mol. The number of allylic oxidation sites excluding steroid dienone is 1. The van der Waals surface area contributed by atoms with Crippen molar-refractivity contribution in [1.29, 1.82) is 0 Å². The van der Waals surface area contributed by atoms with E-state index in [1.807, 2.05) is 50.3 Å². The van der Waals surface area contributed by atoms with Gasteiger partial charge in [0, 0.05) is 18.1 Å². The zero-order valence-corrected chi connectivity index (χ0v) is 19.1. The molecule has 2 N–H and O–H groups in total. The van der Waals surface area contributed by atoms with Gasteiger partial charge >= 0.3 is 7.12 Å². The Morgan fingerprint density at radius 1 is 1.25 bits per heavy atom. The predicted octanol–water partition coefficient (Wildman–Crippen LogP) is 3.74. The molecule has 3 heterocycles. The van der Waals surface area contributed by atoms with Gasteiger partial charge in [-0.3, -0.25) is 4.98 Å². The lowest BCUT2D eigenvalue weighted by Crippen LogP contribution is -2.42. The summed E-state index contributed by atoms with van der Waals surface area (Å²) >= 11 is 0. The smallest absolute Gasteiger partial charge is 0.456 e. The van der Waals surface area contributed by atoms with E-state index in [9.17, 15) is 18.5 Å². The van der Waals surface area contributed by atoms with Gasteiger partial charge in [-0.1, -0.05) is 38.1 Å². The number of sulfone groups is 1. The second kappa shape index (κ2) is 9.21. The van der Waals surface area contributed by atoms with Crippen LogP contribution in [0.25, 0.3) is 11.6 Å². The SMILES string of the molecule is CC(C)C1=C2[C@@H](CC/C(=C/c3ccccc3O)c3ccccn3)OB(O)C[C@@H]2S(=O)(=O)C1. The van der Waals surface area contributed by atoms with Crippen LogP contribution in [0.15, 0.2) is 59.8 Å². The summed E-state index contributed by atoms with van der Waals surface area (Å²) in [6.45, 7) is 4.00. The average molecular weight is 453 g/mol. The molecule has 1 aromatic heterocycles. The molecule has 32 heavy (non-hydrogen) atoms. The number of para-hydroxylation sites is 1. The highest BCUT2D eigenvalue weighted by atomic mass is 32.2. The molecule has 1 aromatic carbocycles. The predicted molar refractivity (Wildman–Crippen MR) is 127 cm³/mol. The molecule has 2 atom stereocenters. The molecule has 0 unspecified atom stereocenters. The topological polar surface area (TPSA) is 96.7 Å². The van der Waals surface area contributed by atoms with E-state index < -0.39 is 28.3 Å². The van der Waals surface area contributed by atoms with Crippen LogP contribution in [-0.2, 0) is 14.5 Å². The summed E-state index contributed by atoms with van der Waals surface area (Å²) in [6.07, 6.45) is 4.28. The number of pyridine rings is 1. The van der Waals surface area contributed by atoms with Crippen LogP contribution in [0.4, 0.5) is 0 Å². The molecule has 0 bridgehead atoms. The zero-order valence-electron chi connectivity index (χ0n) is 18.3. The molecule has 2 aliphatic rings. The van der Waals surface area contributed by atoms with Gasteiger partial charge in [0.2, 0.25) is 0 Å². The second-order valence-electron chi connectivity index (χ2n) is 8.73. The Balaban J connectivity index is 1.67. The lowest BCUT2D eigenvalue weighted by atomic mass is 9.74. The molecule has 0 saturated carbocycles. The van der Waals surface area contributed by atoms with Gasteiger partial charge in [0.1, 0.15) is 5.75 Å². The number of hydrogen-bond donors (Lipinski definition) is 2. The van der Waals surface area contributed by atoms with Crippen LogP contribution in [-0.4, -0.2) is 47.8 Å². The van der Waals surface area contributed by atoms with E-state index in [4.69, 9.17) is 4.65 Å². The van der Waals surface area contributed by atoms with Crippen LogP contribution < -0.4 is 0 Å². The summed E-state index contributed by atoms with van der Waals surface area (Å²) in [5.74, 6) is 0.313. The Hall–Kier alpha value is -2.42. The van der Waals surface area contributed by atoms with Crippen LogP contribution in [0.1, 0.15) is 37.9 Å². The van der Waals surface area contributed by atoms with Gasteiger partial charge in [0.25, 0.3) is 0 Å².